The molecule has 4 bridgehead atoms. The van der Waals surface area contributed by atoms with Gasteiger partial charge in [0.15, 0.2) is 0 Å². The van der Waals surface area contributed by atoms with E-state index >= 15 is 0 Å². The maximum absolute atomic E-state index is 13.2. The lowest BCUT2D eigenvalue weighted by atomic mass is 9.42. The van der Waals surface area contributed by atoms with Crippen LogP contribution in [0.2, 0.25) is 0 Å². The van der Waals surface area contributed by atoms with Crippen LogP contribution in [0.3, 0.4) is 0 Å². The van der Waals surface area contributed by atoms with Gasteiger partial charge in [-0.2, -0.15) is 0 Å². The maximum atomic E-state index is 13.2. The third kappa shape index (κ3) is 2.43. The number of aryl methyl sites for hydroxylation is 1. The van der Waals surface area contributed by atoms with Gasteiger partial charge in [0.25, 0.3) is 0 Å². The molecule has 4 saturated carbocycles. The van der Waals surface area contributed by atoms with E-state index in [9.17, 15) is 4.79 Å². The summed E-state index contributed by atoms with van der Waals surface area (Å²) in [5.41, 5.74) is 4.39. The highest BCUT2D eigenvalue weighted by Gasteiger charge is 2.60. The van der Waals surface area contributed by atoms with Gasteiger partial charge in [0, 0.05) is 0 Å². The Morgan fingerprint density at radius 1 is 1.16 bits per heavy atom. The molecule has 6 rings (SSSR count). The predicted molar refractivity (Wildman–Crippen MR) is 98.5 cm³/mol. The molecule has 4 aliphatic carbocycles. The first kappa shape index (κ1) is 15.5. The number of anilines is 1. The van der Waals surface area contributed by atoms with Gasteiger partial charge >= 0.3 is 0 Å². The fourth-order valence-corrected chi connectivity index (χ4v) is 6.67. The monoisotopic (exact) mass is 353 g/mol. The molecule has 0 unspecified atom stereocenters. The van der Waals surface area contributed by atoms with Crippen LogP contribution >= 0.6 is 11.3 Å². The van der Waals surface area contributed by atoms with Crippen molar-refractivity contribution in [1.29, 1.82) is 0 Å². The van der Waals surface area contributed by atoms with E-state index < -0.39 is 0 Å². The Hall–Kier alpha value is -1.75. The molecule has 0 aliphatic heterocycles. The lowest BCUT2D eigenvalue weighted by Crippen LogP contribution is -2.57. The summed E-state index contributed by atoms with van der Waals surface area (Å²) in [4.78, 5) is 13.2. The van der Waals surface area contributed by atoms with Crippen molar-refractivity contribution in [2.75, 3.05) is 5.32 Å². The summed E-state index contributed by atoms with van der Waals surface area (Å²) >= 11 is 1.40. The lowest BCUT2D eigenvalue weighted by molar-refractivity contribution is -0.143. The zero-order chi connectivity index (χ0) is 17.1. The number of amides is 1. The van der Waals surface area contributed by atoms with E-state index in [1.807, 2.05) is 0 Å². The summed E-state index contributed by atoms with van der Waals surface area (Å²) in [6.07, 6.45) is 6.88. The summed E-state index contributed by atoms with van der Waals surface area (Å²) < 4.78 is 0. The van der Waals surface area contributed by atoms with Crippen LogP contribution in [0.15, 0.2) is 29.8 Å². The Morgan fingerprint density at radius 3 is 2.52 bits per heavy atom. The minimum atomic E-state index is -0.222. The molecule has 0 spiro atoms. The van der Waals surface area contributed by atoms with Crippen LogP contribution in [0.5, 0.6) is 0 Å². The van der Waals surface area contributed by atoms with Crippen molar-refractivity contribution >= 4 is 22.4 Å². The predicted octanol–water partition coefficient (Wildman–Crippen LogP) is 4.32. The molecule has 5 heteroatoms. The standard InChI is InChI=1S/C20H23N3OS/c1-13-2-4-16(5-3-13)19-7-14-6-15(8-19)10-20(9-14,11-19)17(24)22-18-23-21-12-25-18/h2-5,12,14-15H,6-11H2,1H3,(H,22,23,24)/t14-,15-,19?,20?/m0/s1. The molecule has 1 N–H and O–H groups in total. The first-order valence-corrected chi connectivity index (χ1v) is 10.1. The number of benzene rings is 1. The Labute approximate surface area is 152 Å². The summed E-state index contributed by atoms with van der Waals surface area (Å²) in [5.74, 6) is 1.54. The third-order valence-corrected chi connectivity index (χ3v) is 7.39. The fourth-order valence-electron chi connectivity index (χ4n) is 6.23. The van der Waals surface area contributed by atoms with Crippen molar-refractivity contribution in [3.63, 3.8) is 0 Å². The Bertz CT molecular complexity index is 785. The second kappa shape index (κ2) is 5.37. The smallest absolute Gasteiger partial charge is 0.232 e. The van der Waals surface area contributed by atoms with Gasteiger partial charge in [0.05, 0.1) is 5.41 Å². The summed E-state index contributed by atoms with van der Waals surface area (Å²) in [5, 5.41) is 11.5. The minimum absolute atomic E-state index is 0.176. The van der Waals surface area contributed by atoms with E-state index in [1.165, 1.54) is 41.7 Å². The van der Waals surface area contributed by atoms with Crippen LogP contribution in [0.1, 0.15) is 49.7 Å². The number of hydrogen-bond donors (Lipinski definition) is 1. The first-order chi connectivity index (χ1) is 12.1. The number of rotatable bonds is 3. The van der Waals surface area contributed by atoms with E-state index in [2.05, 4.69) is 46.7 Å². The number of nitrogens with one attached hydrogen (secondary N) is 1. The van der Waals surface area contributed by atoms with Crippen molar-refractivity contribution in [3.05, 3.63) is 40.9 Å². The molecule has 0 saturated heterocycles. The number of nitrogens with zero attached hydrogens (tertiary/aromatic N) is 2. The molecule has 0 radical (unpaired) electrons. The molecule has 1 aromatic carbocycles. The Morgan fingerprint density at radius 2 is 1.88 bits per heavy atom. The van der Waals surface area contributed by atoms with Gasteiger partial charge in [-0.25, -0.2) is 0 Å². The maximum Gasteiger partial charge on any atom is 0.232 e. The second-order valence-electron chi connectivity index (χ2n) is 8.59. The molecule has 4 fully saturated rings. The molecule has 4 nitrogen and oxygen atoms in total. The summed E-state index contributed by atoms with van der Waals surface area (Å²) in [7, 11) is 0. The minimum Gasteiger partial charge on any atom is -0.300 e. The van der Waals surface area contributed by atoms with E-state index in [1.54, 1.807) is 5.51 Å². The average Bonchev–Trinajstić information content (AvgIpc) is 3.07. The van der Waals surface area contributed by atoms with Crippen molar-refractivity contribution < 1.29 is 4.79 Å². The number of carbonyl (C=O) groups excluding carboxylic acids is 1. The van der Waals surface area contributed by atoms with Gasteiger partial charge in [-0.1, -0.05) is 41.2 Å². The highest BCUT2D eigenvalue weighted by Crippen LogP contribution is 2.66. The van der Waals surface area contributed by atoms with Crippen LogP contribution < -0.4 is 5.32 Å². The van der Waals surface area contributed by atoms with Gasteiger partial charge in [-0.15, -0.1) is 10.2 Å². The molecular weight excluding hydrogens is 330 g/mol. The van der Waals surface area contributed by atoms with Crippen molar-refractivity contribution in [2.45, 2.75) is 50.9 Å². The SMILES string of the molecule is Cc1ccc(C23C[C@@H]4C[C@H](CC(C(=O)Nc5nncs5)(C4)C2)C3)cc1. The third-order valence-electron chi connectivity index (χ3n) is 6.79. The van der Waals surface area contributed by atoms with Gasteiger partial charge in [0.1, 0.15) is 5.51 Å². The van der Waals surface area contributed by atoms with E-state index in [0.29, 0.717) is 17.0 Å². The number of carbonyl (C=O) groups is 1. The van der Waals surface area contributed by atoms with E-state index in [4.69, 9.17) is 0 Å². The first-order valence-electron chi connectivity index (χ1n) is 9.22. The Kier molecular flexibility index (Phi) is 3.33. The van der Waals surface area contributed by atoms with E-state index in [-0.39, 0.29) is 16.7 Å². The van der Waals surface area contributed by atoms with Crippen molar-refractivity contribution in [3.8, 4) is 0 Å². The quantitative estimate of drug-likeness (QED) is 0.894. The highest BCUT2D eigenvalue weighted by molar-refractivity contribution is 7.13. The molecule has 4 aliphatic rings. The molecule has 1 amide bonds. The summed E-state index contributed by atoms with van der Waals surface area (Å²) in [6, 6.07) is 9.06. The second-order valence-corrected chi connectivity index (χ2v) is 9.42. The van der Waals surface area contributed by atoms with E-state index in [0.717, 1.165) is 19.3 Å². The van der Waals surface area contributed by atoms with Gasteiger partial charge < -0.3 is 5.32 Å². The van der Waals surface area contributed by atoms with Crippen LogP contribution in [0.25, 0.3) is 0 Å². The van der Waals surface area contributed by atoms with Crippen molar-refractivity contribution in [1.82, 2.24) is 10.2 Å². The van der Waals surface area contributed by atoms with Crippen molar-refractivity contribution in [2.24, 2.45) is 17.3 Å². The average molecular weight is 353 g/mol. The van der Waals surface area contributed by atoms with Crippen LogP contribution in [0.4, 0.5) is 5.13 Å². The fraction of sp³-hybridized carbons (Fsp3) is 0.550. The van der Waals surface area contributed by atoms with Crippen LogP contribution in [-0.2, 0) is 10.2 Å². The van der Waals surface area contributed by atoms with Crippen LogP contribution in [0, 0.1) is 24.2 Å². The number of hydrogen-bond acceptors (Lipinski definition) is 4. The molecule has 1 aromatic heterocycles. The van der Waals surface area contributed by atoms with Crippen LogP contribution in [-0.4, -0.2) is 16.1 Å². The molecule has 2 aromatic rings. The number of aromatic nitrogens is 2. The van der Waals surface area contributed by atoms with Gasteiger partial charge in [-0.05, 0) is 68.3 Å². The van der Waals surface area contributed by atoms with Gasteiger partial charge in [-0.3, -0.25) is 4.79 Å². The lowest BCUT2D eigenvalue weighted by Gasteiger charge is -2.61. The largest absolute Gasteiger partial charge is 0.300 e. The Balaban J connectivity index is 1.50. The zero-order valence-electron chi connectivity index (χ0n) is 14.5. The molecule has 130 valence electrons. The molecule has 2 atom stereocenters. The highest BCUT2D eigenvalue weighted by atomic mass is 32.1. The normalized spacial score (nSPS) is 35.7. The molecule has 25 heavy (non-hydrogen) atoms. The molecular formula is C20H23N3OS. The topological polar surface area (TPSA) is 54.9 Å². The zero-order valence-corrected chi connectivity index (χ0v) is 15.3. The molecule has 1 heterocycles. The van der Waals surface area contributed by atoms with Gasteiger partial charge in [0.2, 0.25) is 11.0 Å². The summed E-state index contributed by atoms with van der Waals surface area (Å²) in [6.45, 7) is 2.14.